The van der Waals surface area contributed by atoms with Gasteiger partial charge in [-0.15, -0.1) is 0 Å². The van der Waals surface area contributed by atoms with E-state index in [2.05, 4.69) is 6.92 Å². The first-order valence-electron chi connectivity index (χ1n) is 6.24. The molecular weight excluding hydrogens is 214 g/mol. The Balaban J connectivity index is 2.25. The molecular formula is C14H19NO2. The maximum atomic E-state index is 12.4. The fraction of sp³-hybridized carbons (Fsp3) is 0.500. The molecule has 0 spiro atoms. The van der Waals surface area contributed by atoms with Crippen molar-refractivity contribution < 1.29 is 9.90 Å². The molecule has 92 valence electrons. The molecule has 0 aliphatic heterocycles. The van der Waals surface area contributed by atoms with Crippen molar-refractivity contribution in [2.24, 2.45) is 0 Å². The summed E-state index contributed by atoms with van der Waals surface area (Å²) in [7, 11) is 0. The highest BCUT2D eigenvalue weighted by Crippen LogP contribution is 2.31. The summed E-state index contributed by atoms with van der Waals surface area (Å²) in [6.07, 6.45) is 3.14. The van der Waals surface area contributed by atoms with Gasteiger partial charge in [-0.25, -0.2) is 0 Å². The Morgan fingerprint density at radius 3 is 2.76 bits per heavy atom. The van der Waals surface area contributed by atoms with E-state index >= 15 is 0 Å². The van der Waals surface area contributed by atoms with Crippen molar-refractivity contribution >= 4 is 5.91 Å². The third-order valence-electron chi connectivity index (χ3n) is 3.18. The number of aryl methyl sites for hydroxylation is 1. The highest BCUT2D eigenvalue weighted by Gasteiger charge is 2.33. The van der Waals surface area contributed by atoms with Crippen LogP contribution in [0.4, 0.5) is 0 Å². The summed E-state index contributed by atoms with van der Waals surface area (Å²) < 4.78 is 0. The highest BCUT2D eigenvalue weighted by atomic mass is 16.3. The fourth-order valence-corrected chi connectivity index (χ4v) is 2.06. The maximum Gasteiger partial charge on any atom is 0.257 e. The molecule has 1 aromatic rings. The Morgan fingerprint density at radius 2 is 2.18 bits per heavy atom. The van der Waals surface area contributed by atoms with Crippen LogP contribution in [0.5, 0.6) is 5.75 Å². The van der Waals surface area contributed by atoms with Crippen molar-refractivity contribution in [1.82, 2.24) is 4.90 Å². The lowest BCUT2D eigenvalue weighted by molar-refractivity contribution is 0.0740. The summed E-state index contributed by atoms with van der Waals surface area (Å²) in [6, 6.07) is 5.73. The largest absolute Gasteiger partial charge is 0.507 e. The van der Waals surface area contributed by atoms with Crippen molar-refractivity contribution in [3.63, 3.8) is 0 Å². The van der Waals surface area contributed by atoms with Crippen LogP contribution in [-0.2, 0) is 0 Å². The number of aromatic hydroxyl groups is 1. The Morgan fingerprint density at radius 1 is 1.47 bits per heavy atom. The van der Waals surface area contributed by atoms with Crippen LogP contribution in [0.3, 0.4) is 0 Å². The van der Waals surface area contributed by atoms with Gasteiger partial charge < -0.3 is 10.0 Å². The smallest absolute Gasteiger partial charge is 0.257 e. The van der Waals surface area contributed by atoms with Gasteiger partial charge >= 0.3 is 0 Å². The van der Waals surface area contributed by atoms with Crippen molar-refractivity contribution in [3.8, 4) is 5.75 Å². The molecule has 0 saturated heterocycles. The first kappa shape index (κ1) is 12.0. The van der Waals surface area contributed by atoms with Crippen LogP contribution in [0.15, 0.2) is 18.2 Å². The van der Waals surface area contributed by atoms with Gasteiger partial charge in [0.05, 0.1) is 5.56 Å². The Hall–Kier alpha value is -1.51. The van der Waals surface area contributed by atoms with Gasteiger partial charge in [0.1, 0.15) is 5.75 Å². The maximum absolute atomic E-state index is 12.4. The number of para-hydroxylation sites is 1. The van der Waals surface area contributed by atoms with Gasteiger partial charge in [-0.3, -0.25) is 4.79 Å². The minimum Gasteiger partial charge on any atom is -0.507 e. The van der Waals surface area contributed by atoms with E-state index in [1.807, 2.05) is 24.0 Å². The van der Waals surface area contributed by atoms with Crippen LogP contribution in [-0.4, -0.2) is 28.5 Å². The molecule has 17 heavy (non-hydrogen) atoms. The predicted molar refractivity (Wildman–Crippen MR) is 67.2 cm³/mol. The molecule has 1 aliphatic carbocycles. The van der Waals surface area contributed by atoms with E-state index in [1.165, 1.54) is 0 Å². The van der Waals surface area contributed by atoms with Crippen molar-refractivity contribution in [2.45, 2.75) is 39.2 Å². The minimum absolute atomic E-state index is 0.0319. The molecule has 1 aliphatic rings. The normalized spacial score (nSPS) is 14.7. The Labute approximate surface area is 102 Å². The molecule has 0 unspecified atom stereocenters. The third-order valence-corrected chi connectivity index (χ3v) is 3.18. The molecule has 1 N–H and O–H groups in total. The molecule has 0 atom stereocenters. The van der Waals surface area contributed by atoms with E-state index < -0.39 is 0 Å². The zero-order valence-corrected chi connectivity index (χ0v) is 10.4. The van der Waals surface area contributed by atoms with E-state index in [-0.39, 0.29) is 11.7 Å². The van der Waals surface area contributed by atoms with Gasteiger partial charge in [0.2, 0.25) is 0 Å². The fourth-order valence-electron chi connectivity index (χ4n) is 2.06. The van der Waals surface area contributed by atoms with Gasteiger partial charge in [0, 0.05) is 12.6 Å². The van der Waals surface area contributed by atoms with E-state index in [1.54, 1.807) is 6.07 Å². The number of hydrogen-bond acceptors (Lipinski definition) is 2. The number of phenols is 1. The van der Waals surface area contributed by atoms with Crippen LogP contribution < -0.4 is 0 Å². The van der Waals surface area contributed by atoms with Gasteiger partial charge in [-0.1, -0.05) is 19.1 Å². The van der Waals surface area contributed by atoms with Gasteiger partial charge in [0.25, 0.3) is 5.91 Å². The average Bonchev–Trinajstić information content (AvgIpc) is 3.13. The quantitative estimate of drug-likeness (QED) is 0.868. The third kappa shape index (κ3) is 2.43. The summed E-state index contributed by atoms with van der Waals surface area (Å²) >= 11 is 0. The zero-order chi connectivity index (χ0) is 12.4. The van der Waals surface area contributed by atoms with E-state index in [0.29, 0.717) is 11.6 Å². The molecule has 3 heteroatoms. The van der Waals surface area contributed by atoms with Crippen molar-refractivity contribution in [1.29, 1.82) is 0 Å². The highest BCUT2D eigenvalue weighted by molar-refractivity contribution is 5.97. The van der Waals surface area contributed by atoms with Crippen LogP contribution in [0.2, 0.25) is 0 Å². The number of nitrogens with zero attached hydrogens (tertiary/aromatic N) is 1. The summed E-state index contributed by atoms with van der Waals surface area (Å²) in [5.41, 5.74) is 1.19. The Kier molecular flexibility index (Phi) is 3.36. The first-order valence-corrected chi connectivity index (χ1v) is 6.24. The zero-order valence-electron chi connectivity index (χ0n) is 10.4. The minimum atomic E-state index is -0.0319. The summed E-state index contributed by atoms with van der Waals surface area (Å²) in [5.74, 6) is 0.0924. The second kappa shape index (κ2) is 4.78. The summed E-state index contributed by atoms with van der Waals surface area (Å²) in [4.78, 5) is 14.3. The lowest BCUT2D eigenvalue weighted by atomic mass is 10.1. The number of rotatable bonds is 4. The molecule has 3 nitrogen and oxygen atoms in total. The Bertz CT molecular complexity index is 424. The molecule has 0 radical (unpaired) electrons. The van der Waals surface area contributed by atoms with Crippen LogP contribution >= 0.6 is 0 Å². The first-order chi connectivity index (χ1) is 8.15. The van der Waals surface area contributed by atoms with Gasteiger partial charge in [-0.2, -0.15) is 0 Å². The van der Waals surface area contributed by atoms with Gasteiger partial charge in [0.15, 0.2) is 0 Å². The molecule has 1 aromatic carbocycles. The summed E-state index contributed by atoms with van der Waals surface area (Å²) in [6.45, 7) is 4.66. The summed E-state index contributed by atoms with van der Waals surface area (Å²) in [5, 5.41) is 9.94. The van der Waals surface area contributed by atoms with Crippen molar-refractivity contribution in [2.75, 3.05) is 6.54 Å². The van der Waals surface area contributed by atoms with Crippen LogP contribution in [0.25, 0.3) is 0 Å². The number of benzene rings is 1. The van der Waals surface area contributed by atoms with Crippen molar-refractivity contribution in [3.05, 3.63) is 29.3 Å². The second-order valence-electron chi connectivity index (χ2n) is 4.70. The second-order valence-corrected chi connectivity index (χ2v) is 4.70. The van der Waals surface area contributed by atoms with E-state index in [9.17, 15) is 9.90 Å². The molecule has 0 bridgehead atoms. The SMILES string of the molecule is CCCN(C(=O)c1cccc(C)c1O)C1CC1. The predicted octanol–water partition coefficient (Wildman–Crippen LogP) is 2.72. The van der Waals surface area contributed by atoms with E-state index in [4.69, 9.17) is 0 Å². The lowest BCUT2D eigenvalue weighted by Gasteiger charge is -2.22. The number of carbonyl (C=O) groups excluding carboxylic acids is 1. The molecule has 2 rings (SSSR count). The topological polar surface area (TPSA) is 40.5 Å². The van der Waals surface area contributed by atoms with Crippen LogP contribution in [0.1, 0.15) is 42.1 Å². The number of hydrogen-bond donors (Lipinski definition) is 1. The number of carbonyl (C=O) groups is 1. The standard InChI is InChI=1S/C14H19NO2/c1-3-9-15(11-7-8-11)14(17)12-6-4-5-10(2)13(12)16/h4-6,11,16H,3,7-9H2,1-2H3. The molecule has 1 saturated carbocycles. The number of amides is 1. The number of phenolic OH excluding ortho intramolecular Hbond substituents is 1. The molecule has 1 fully saturated rings. The van der Waals surface area contributed by atoms with E-state index in [0.717, 1.165) is 31.4 Å². The lowest BCUT2D eigenvalue weighted by Crippen LogP contribution is -2.33. The monoisotopic (exact) mass is 233 g/mol. The average molecular weight is 233 g/mol. The van der Waals surface area contributed by atoms with Gasteiger partial charge in [-0.05, 0) is 37.8 Å². The molecule has 0 aromatic heterocycles. The van der Waals surface area contributed by atoms with Crippen LogP contribution in [0, 0.1) is 6.92 Å². The molecule has 1 amide bonds. The molecule has 0 heterocycles.